The summed E-state index contributed by atoms with van der Waals surface area (Å²) in [7, 11) is 3.44. The largest absolute Gasteiger partial charge is 0.419 e. The van der Waals surface area contributed by atoms with E-state index in [0.717, 1.165) is 5.56 Å². The quantitative estimate of drug-likeness (QED) is 0.678. The number of ether oxygens (including phenoxy) is 1. The molecule has 1 aromatic carbocycles. The van der Waals surface area contributed by atoms with Crippen molar-refractivity contribution in [2.75, 3.05) is 32.5 Å². The fourth-order valence-electron chi connectivity index (χ4n) is 2.80. The number of hydrogen-bond donors (Lipinski definition) is 0. The average molecular weight is 389 g/mol. The number of imidazole rings is 1. The lowest BCUT2D eigenvalue weighted by atomic mass is 10.2. The normalized spacial score (nSPS) is 14.9. The lowest BCUT2D eigenvalue weighted by Crippen LogP contribution is -2.37. The summed E-state index contributed by atoms with van der Waals surface area (Å²) in [6, 6.07) is 9.45. The van der Waals surface area contributed by atoms with Gasteiger partial charge in [-0.2, -0.15) is 4.98 Å². The molecule has 0 saturated carbocycles. The monoisotopic (exact) mass is 388 g/mol. The first-order valence-corrected chi connectivity index (χ1v) is 8.60. The van der Waals surface area contributed by atoms with Gasteiger partial charge in [0, 0.05) is 19.7 Å². The van der Waals surface area contributed by atoms with Crippen molar-refractivity contribution >= 4 is 23.3 Å². The van der Waals surface area contributed by atoms with Gasteiger partial charge in [0.15, 0.2) is 11.5 Å². The molecule has 27 heavy (non-hydrogen) atoms. The van der Waals surface area contributed by atoms with Crippen LogP contribution in [0.15, 0.2) is 34.7 Å². The molecular formula is C17H17ClN6O3. The van der Waals surface area contributed by atoms with Crippen LogP contribution in [-0.4, -0.2) is 58.1 Å². The fourth-order valence-corrected chi connectivity index (χ4v) is 3.02. The minimum Gasteiger partial charge on any atom is -0.419 e. The molecule has 0 saturated heterocycles. The maximum absolute atomic E-state index is 12.8. The van der Waals surface area contributed by atoms with Crippen LogP contribution in [0.3, 0.4) is 0 Å². The van der Waals surface area contributed by atoms with Crippen molar-refractivity contribution in [2.45, 2.75) is 6.54 Å². The second kappa shape index (κ2) is 7.01. The van der Waals surface area contributed by atoms with Gasteiger partial charge >= 0.3 is 0 Å². The van der Waals surface area contributed by atoms with Crippen molar-refractivity contribution < 1.29 is 13.9 Å². The van der Waals surface area contributed by atoms with E-state index in [-0.39, 0.29) is 31.2 Å². The molecule has 140 valence electrons. The standard InChI is InChI=1S/C17H17ClN6O3/c1-22-9-26-10-23(2)16(25)13-14(22)19-17(18)24(13)8-12-20-21-15(27-12)11-6-4-3-5-7-11/h3-7H,8-10H2,1-2H3. The highest BCUT2D eigenvalue weighted by Gasteiger charge is 2.30. The molecule has 3 aromatic rings. The molecule has 0 spiro atoms. The van der Waals surface area contributed by atoms with Gasteiger partial charge in [-0.3, -0.25) is 9.36 Å². The Kier molecular flexibility index (Phi) is 4.54. The average Bonchev–Trinajstić information content (AvgIpc) is 3.26. The molecule has 0 unspecified atom stereocenters. The van der Waals surface area contributed by atoms with Crippen molar-refractivity contribution in [3.8, 4) is 11.5 Å². The lowest BCUT2D eigenvalue weighted by molar-refractivity contribution is 0.0312. The summed E-state index contributed by atoms with van der Waals surface area (Å²) in [5.74, 6) is 0.921. The van der Waals surface area contributed by atoms with E-state index in [9.17, 15) is 4.79 Å². The first kappa shape index (κ1) is 17.5. The summed E-state index contributed by atoms with van der Waals surface area (Å²) in [6.07, 6.45) is 0. The molecule has 0 aliphatic carbocycles. The number of rotatable bonds is 3. The predicted octanol–water partition coefficient (Wildman–Crippen LogP) is 2.09. The molecule has 0 N–H and O–H groups in total. The molecule has 9 nitrogen and oxygen atoms in total. The molecule has 2 aromatic heterocycles. The maximum atomic E-state index is 12.8. The topological polar surface area (TPSA) is 89.5 Å². The van der Waals surface area contributed by atoms with Crippen LogP contribution in [0.5, 0.6) is 0 Å². The van der Waals surface area contributed by atoms with Crippen LogP contribution in [-0.2, 0) is 11.3 Å². The molecule has 0 fully saturated rings. The minimum absolute atomic E-state index is 0.134. The number of nitrogens with zero attached hydrogens (tertiary/aromatic N) is 6. The lowest BCUT2D eigenvalue weighted by Gasteiger charge is -2.26. The number of benzene rings is 1. The van der Waals surface area contributed by atoms with Crippen molar-refractivity contribution in [2.24, 2.45) is 0 Å². The summed E-state index contributed by atoms with van der Waals surface area (Å²) in [6.45, 7) is 0.593. The highest BCUT2D eigenvalue weighted by atomic mass is 35.5. The number of halogens is 1. The third-order valence-electron chi connectivity index (χ3n) is 4.16. The van der Waals surface area contributed by atoms with E-state index < -0.39 is 0 Å². The van der Waals surface area contributed by atoms with Crippen LogP contribution >= 0.6 is 11.6 Å². The highest BCUT2D eigenvalue weighted by Crippen LogP contribution is 2.27. The molecule has 0 atom stereocenters. The molecule has 1 amide bonds. The van der Waals surface area contributed by atoms with Crippen LogP contribution < -0.4 is 4.90 Å². The smallest absolute Gasteiger partial charge is 0.276 e. The second-order valence-corrected chi connectivity index (χ2v) is 6.51. The zero-order valence-corrected chi connectivity index (χ0v) is 15.5. The van der Waals surface area contributed by atoms with Crippen LogP contribution in [0.1, 0.15) is 16.4 Å². The van der Waals surface area contributed by atoms with E-state index in [2.05, 4.69) is 15.2 Å². The molecule has 4 rings (SSSR count). The molecule has 0 bridgehead atoms. The third-order valence-corrected chi connectivity index (χ3v) is 4.45. The SMILES string of the molecule is CN1COCN(C)c2nc(Cl)n(Cc3nnc(-c4ccccc4)o3)c2C1=O. The van der Waals surface area contributed by atoms with Gasteiger partial charge in [0.2, 0.25) is 17.1 Å². The Bertz CT molecular complexity index is 970. The van der Waals surface area contributed by atoms with Gasteiger partial charge in [0.05, 0.1) is 0 Å². The predicted molar refractivity (Wildman–Crippen MR) is 97.4 cm³/mol. The Labute approximate surface area is 160 Å². The Morgan fingerprint density at radius 1 is 1.11 bits per heavy atom. The van der Waals surface area contributed by atoms with E-state index in [1.165, 1.54) is 4.90 Å². The second-order valence-electron chi connectivity index (χ2n) is 6.17. The zero-order chi connectivity index (χ0) is 19.0. The molecule has 0 radical (unpaired) electrons. The summed E-state index contributed by atoms with van der Waals surface area (Å²) in [5.41, 5.74) is 1.17. The minimum atomic E-state index is -0.251. The van der Waals surface area contributed by atoms with Crippen LogP contribution in [0.25, 0.3) is 11.5 Å². The first-order chi connectivity index (χ1) is 13.0. The van der Waals surface area contributed by atoms with Gasteiger partial charge in [0.25, 0.3) is 5.91 Å². The number of anilines is 1. The van der Waals surface area contributed by atoms with E-state index in [1.807, 2.05) is 30.3 Å². The van der Waals surface area contributed by atoms with Gasteiger partial charge in [0.1, 0.15) is 20.0 Å². The van der Waals surface area contributed by atoms with Gasteiger partial charge in [-0.05, 0) is 23.7 Å². The number of carbonyl (C=O) groups excluding carboxylic acids is 1. The van der Waals surface area contributed by atoms with E-state index in [4.69, 9.17) is 20.8 Å². The molecule has 10 heteroatoms. The van der Waals surface area contributed by atoms with Crippen LogP contribution in [0.4, 0.5) is 5.82 Å². The Morgan fingerprint density at radius 2 is 1.85 bits per heavy atom. The van der Waals surface area contributed by atoms with Crippen molar-refractivity contribution in [3.05, 3.63) is 47.2 Å². The highest BCUT2D eigenvalue weighted by molar-refractivity contribution is 6.29. The molecule has 1 aliphatic heterocycles. The summed E-state index contributed by atoms with van der Waals surface area (Å²) < 4.78 is 12.8. The summed E-state index contributed by atoms with van der Waals surface area (Å²) >= 11 is 6.32. The number of amides is 1. The van der Waals surface area contributed by atoms with E-state index in [1.54, 1.807) is 23.6 Å². The van der Waals surface area contributed by atoms with Gasteiger partial charge in [-0.25, -0.2) is 0 Å². The summed E-state index contributed by atoms with van der Waals surface area (Å²) in [4.78, 5) is 20.3. The molecular weight excluding hydrogens is 372 g/mol. The number of fused-ring (bicyclic) bond motifs is 1. The maximum Gasteiger partial charge on any atom is 0.276 e. The third kappa shape index (κ3) is 3.26. The molecule has 3 heterocycles. The van der Waals surface area contributed by atoms with E-state index in [0.29, 0.717) is 23.3 Å². The number of aromatic nitrogens is 4. The fraction of sp³-hybridized carbons (Fsp3) is 0.294. The van der Waals surface area contributed by atoms with Crippen molar-refractivity contribution in [3.63, 3.8) is 0 Å². The molecule has 1 aliphatic rings. The van der Waals surface area contributed by atoms with Gasteiger partial charge < -0.3 is 19.0 Å². The summed E-state index contributed by atoms with van der Waals surface area (Å²) in [5, 5.41) is 8.31. The van der Waals surface area contributed by atoms with E-state index >= 15 is 0 Å². The van der Waals surface area contributed by atoms with Crippen LogP contribution in [0.2, 0.25) is 5.28 Å². The Balaban J connectivity index is 1.70. The Hall–Kier alpha value is -2.91. The Morgan fingerprint density at radius 3 is 2.63 bits per heavy atom. The zero-order valence-electron chi connectivity index (χ0n) is 14.8. The van der Waals surface area contributed by atoms with Crippen molar-refractivity contribution in [1.82, 2.24) is 24.6 Å². The van der Waals surface area contributed by atoms with Crippen molar-refractivity contribution in [1.29, 1.82) is 0 Å². The first-order valence-electron chi connectivity index (χ1n) is 8.22. The number of carbonyl (C=O) groups is 1. The number of hydrogen-bond acceptors (Lipinski definition) is 7. The van der Waals surface area contributed by atoms with Gasteiger partial charge in [-0.1, -0.05) is 18.2 Å². The van der Waals surface area contributed by atoms with Crippen LogP contribution in [0, 0.1) is 0 Å². The van der Waals surface area contributed by atoms with Gasteiger partial charge in [-0.15, -0.1) is 10.2 Å².